The van der Waals surface area contributed by atoms with Crippen LogP contribution in [0.3, 0.4) is 0 Å². The van der Waals surface area contributed by atoms with Gasteiger partial charge in [-0.2, -0.15) is 0 Å². The molecule has 7 rings (SSSR count). The van der Waals surface area contributed by atoms with Crippen molar-refractivity contribution >= 4 is 29.2 Å². The third kappa shape index (κ3) is 6.23. The van der Waals surface area contributed by atoms with Crippen molar-refractivity contribution in [3.8, 4) is 22.9 Å². The number of epoxide rings is 1. The van der Waals surface area contributed by atoms with E-state index >= 15 is 0 Å². The third-order valence-corrected chi connectivity index (χ3v) is 9.55. The van der Waals surface area contributed by atoms with E-state index in [1.165, 1.54) is 0 Å². The molecule has 0 bridgehead atoms. The summed E-state index contributed by atoms with van der Waals surface area (Å²) in [5.41, 5.74) is 2.66. The highest BCUT2D eigenvalue weighted by Crippen LogP contribution is 2.61. The summed E-state index contributed by atoms with van der Waals surface area (Å²) in [7, 11) is 2.15. The van der Waals surface area contributed by atoms with Gasteiger partial charge in [0.05, 0.1) is 18.1 Å². The van der Waals surface area contributed by atoms with Crippen molar-refractivity contribution in [1.29, 1.82) is 0 Å². The molecule has 2 aromatic heterocycles. The number of aliphatic hydroxyl groups is 1. The van der Waals surface area contributed by atoms with Gasteiger partial charge in [-0.3, -0.25) is 4.90 Å². The molecule has 3 aliphatic heterocycles. The largest absolute Gasteiger partial charge is 0.436 e. The minimum absolute atomic E-state index is 0.314. The summed E-state index contributed by atoms with van der Waals surface area (Å²) in [5, 5.41) is 11.5. The molecule has 42 heavy (non-hydrogen) atoms. The fourth-order valence-electron chi connectivity index (χ4n) is 6.80. The fourth-order valence-corrected chi connectivity index (χ4v) is 7.33. The summed E-state index contributed by atoms with van der Waals surface area (Å²) >= 11 is 12.7. The second kappa shape index (κ2) is 11.5. The number of likely N-dealkylation sites (N-methyl/N-ethyl adjacent to an activating group) is 1. The van der Waals surface area contributed by atoms with Crippen molar-refractivity contribution in [2.45, 2.75) is 31.6 Å². The van der Waals surface area contributed by atoms with Crippen LogP contribution >= 0.6 is 23.2 Å². The molecule has 5 heterocycles. The van der Waals surface area contributed by atoms with Crippen molar-refractivity contribution < 1.29 is 14.6 Å². The lowest BCUT2D eigenvalue weighted by molar-refractivity contribution is 0.00515. The van der Waals surface area contributed by atoms with E-state index in [1.54, 1.807) is 18.5 Å². The lowest BCUT2D eigenvalue weighted by Crippen LogP contribution is -2.30. The molecule has 1 N–H and O–H groups in total. The second-order valence-corrected chi connectivity index (χ2v) is 13.0. The molecule has 1 unspecified atom stereocenters. The van der Waals surface area contributed by atoms with Crippen LogP contribution in [0.1, 0.15) is 24.8 Å². The molecule has 1 aliphatic carbocycles. The molecule has 4 fully saturated rings. The maximum Gasteiger partial charge on any atom is 0.225 e. The summed E-state index contributed by atoms with van der Waals surface area (Å²) in [6.45, 7) is 7.13. The van der Waals surface area contributed by atoms with E-state index in [0.29, 0.717) is 46.0 Å². The molecule has 1 saturated carbocycles. The van der Waals surface area contributed by atoms with Crippen LogP contribution in [0.5, 0.6) is 11.6 Å². The maximum absolute atomic E-state index is 10.4. The van der Waals surface area contributed by atoms with E-state index in [-0.39, 0.29) is 0 Å². The van der Waals surface area contributed by atoms with Crippen LogP contribution in [0, 0.1) is 17.8 Å². The minimum atomic E-state index is -0.840. The molecule has 4 atom stereocenters. The minimum Gasteiger partial charge on any atom is -0.436 e. The van der Waals surface area contributed by atoms with Crippen molar-refractivity contribution in [1.82, 2.24) is 24.8 Å². The first-order chi connectivity index (χ1) is 20.3. The topological polar surface area (TPSA) is 90.4 Å². The predicted molar refractivity (Wildman–Crippen MR) is 162 cm³/mol. The number of anilines is 1. The number of hydrogen-bond acceptors (Lipinski definition) is 9. The highest BCUT2D eigenvalue weighted by Gasteiger charge is 2.66. The summed E-state index contributed by atoms with van der Waals surface area (Å²) < 4.78 is 11.6. The van der Waals surface area contributed by atoms with Gasteiger partial charge in [0, 0.05) is 53.8 Å². The number of aromatic nitrogens is 3. The Balaban J connectivity index is 1.09. The Kier molecular flexibility index (Phi) is 7.75. The number of pyridine rings is 1. The number of nitrogens with zero attached hydrogens (tertiary/aromatic N) is 6. The molecule has 0 amide bonds. The summed E-state index contributed by atoms with van der Waals surface area (Å²) in [4.78, 5) is 21.1. The standard InChI is InChI=1S/C31H36Cl2N6O3/c1-37-5-2-6-39(10-9-37)30-34-16-24(17-35-30)42-28-12-20(11-27(36-28)21-13-22(32)15-23(33)14-21)18-38-7-3-25-26(4-8-38)29(25)31(40)19-41-31/h11-17,25-26,29,40H,2-10,18-19H2,1H3/t25-,26+,29+,31?. The Bertz CT molecular complexity index is 1400. The van der Waals surface area contributed by atoms with Crippen LogP contribution in [-0.4, -0.2) is 88.6 Å². The van der Waals surface area contributed by atoms with Gasteiger partial charge in [-0.1, -0.05) is 23.2 Å². The van der Waals surface area contributed by atoms with Crippen LogP contribution in [0.15, 0.2) is 42.7 Å². The summed E-state index contributed by atoms with van der Waals surface area (Å²) in [6.07, 6.45) is 6.67. The molecular weight excluding hydrogens is 575 g/mol. The molecule has 1 aromatic carbocycles. The van der Waals surface area contributed by atoms with Crippen LogP contribution in [0.25, 0.3) is 11.3 Å². The summed E-state index contributed by atoms with van der Waals surface area (Å²) in [6, 6.07) is 9.52. The zero-order valence-corrected chi connectivity index (χ0v) is 25.3. The smallest absolute Gasteiger partial charge is 0.225 e. The van der Waals surface area contributed by atoms with Gasteiger partial charge >= 0.3 is 0 Å². The van der Waals surface area contributed by atoms with Gasteiger partial charge in [0.15, 0.2) is 11.5 Å². The number of halogens is 2. The normalized spacial score (nSPS) is 28.1. The van der Waals surface area contributed by atoms with Gasteiger partial charge in [0.25, 0.3) is 0 Å². The molecule has 0 radical (unpaired) electrons. The van der Waals surface area contributed by atoms with Crippen molar-refractivity contribution in [3.63, 3.8) is 0 Å². The lowest BCUT2D eigenvalue weighted by Gasteiger charge is -2.22. The first-order valence-corrected chi connectivity index (χ1v) is 15.6. The van der Waals surface area contributed by atoms with Crippen molar-refractivity contribution in [2.24, 2.45) is 17.8 Å². The Morgan fingerprint density at radius 1 is 0.952 bits per heavy atom. The number of fused-ring (bicyclic) bond motifs is 1. The Hall–Kier alpha value is -2.53. The van der Waals surface area contributed by atoms with Gasteiger partial charge in [-0.25, -0.2) is 15.0 Å². The van der Waals surface area contributed by atoms with Crippen molar-refractivity contribution in [3.05, 3.63) is 58.3 Å². The molecular formula is C31H36Cl2N6O3. The van der Waals surface area contributed by atoms with E-state index in [1.807, 2.05) is 18.2 Å². The number of benzene rings is 1. The van der Waals surface area contributed by atoms with E-state index in [4.69, 9.17) is 37.7 Å². The van der Waals surface area contributed by atoms with E-state index in [2.05, 4.69) is 37.8 Å². The molecule has 0 spiro atoms. The van der Waals surface area contributed by atoms with Gasteiger partial charge in [-0.15, -0.1) is 0 Å². The molecule has 4 aliphatic rings. The Labute approximate surface area is 256 Å². The van der Waals surface area contributed by atoms with Gasteiger partial charge in [-0.05, 0) is 87.6 Å². The van der Waals surface area contributed by atoms with Crippen LogP contribution in [0.2, 0.25) is 10.0 Å². The predicted octanol–water partition coefficient (Wildman–Crippen LogP) is 4.96. The first-order valence-electron chi connectivity index (χ1n) is 14.8. The average Bonchev–Trinajstić information content (AvgIpc) is 3.87. The summed E-state index contributed by atoms with van der Waals surface area (Å²) in [5.74, 6) is 2.31. The van der Waals surface area contributed by atoms with Gasteiger partial charge in [0.2, 0.25) is 11.8 Å². The molecule has 3 aromatic rings. The van der Waals surface area contributed by atoms with Crippen molar-refractivity contribution in [2.75, 3.05) is 57.8 Å². The molecule has 9 nitrogen and oxygen atoms in total. The average molecular weight is 612 g/mol. The number of rotatable bonds is 7. The number of hydrogen-bond donors (Lipinski definition) is 1. The Morgan fingerprint density at radius 3 is 2.36 bits per heavy atom. The highest BCUT2D eigenvalue weighted by atomic mass is 35.5. The number of likely N-dealkylation sites (tertiary alicyclic amines) is 1. The molecule has 3 saturated heterocycles. The molecule has 11 heteroatoms. The number of ether oxygens (including phenoxy) is 2. The van der Waals surface area contributed by atoms with E-state index < -0.39 is 5.79 Å². The maximum atomic E-state index is 10.4. The first kappa shape index (κ1) is 28.3. The quantitative estimate of drug-likeness (QED) is 0.373. The lowest BCUT2D eigenvalue weighted by atomic mass is 10.1. The monoisotopic (exact) mass is 610 g/mol. The fraction of sp³-hybridized carbons (Fsp3) is 0.516. The van der Waals surface area contributed by atoms with Crippen LogP contribution in [-0.2, 0) is 11.3 Å². The zero-order valence-electron chi connectivity index (χ0n) is 23.8. The van der Waals surface area contributed by atoms with E-state index in [9.17, 15) is 5.11 Å². The second-order valence-electron chi connectivity index (χ2n) is 12.2. The SMILES string of the molecule is CN1CCCN(c2ncc(Oc3cc(CN4CC[C@@H]5[C@H](CC4)[C@H]5C4(O)CO4)cc(-c4cc(Cl)cc(Cl)c4)n3)cn2)CC1. The van der Waals surface area contributed by atoms with Gasteiger partial charge < -0.3 is 24.4 Å². The van der Waals surface area contributed by atoms with Gasteiger partial charge in [0.1, 0.15) is 6.61 Å². The molecule has 222 valence electrons. The third-order valence-electron chi connectivity index (χ3n) is 9.12. The highest BCUT2D eigenvalue weighted by molar-refractivity contribution is 6.35. The van der Waals surface area contributed by atoms with Crippen LogP contribution < -0.4 is 9.64 Å². The van der Waals surface area contributed by atoms with Crippen LogP contribution in [0.4, 0.5) is 5.95 Å². The Morgan fingerprint density at radius 2 is 1.67 bits per heavy atom. The zero-order chi connectivity index (χ0) is 28.8. The van der Waals surface area contributed by atoms with E-state index in [0.717, 1.165) is 87.8 Å².